The first kappa shape index (κ1) is 22.4. The molecule has 0 spiro atoms. The van der Waals surface area contributed by atoms with Gasteiger partial charge in [-0.25, -0.2) is 0 Å². The minimum atomic E-state index is 0.0330. The zero-order valence-corrected chi connectivity index (χ0v) is 16.6. The van der Waals surface area contributed by atoms with Crippen LogP contribution in [0.1, 0.15) is 61.0 Å². The molecule has 1 amide bonds. The molecule has 0 saturated carbocycles. The number of carbonyl (C=O) groups is 2. The molecule has 0 heterocycles. The first-order valence-corrected chi connectivity index (χ1v) is 8.79. The van der Waals surface area contributed by atoms with Crippen LogP contribution in [0.2, 0.25) is 0 Å². The minimum Gasteiger partial charge on any atom is -0.352 e. The number of ketones is 1. The summed E-state index contributed by atoms with van der Waals surface area (Å²) in [6.45, 7) is 15.7. The molecule has 3 nitrogen and oxygen atoms in total. The van der Waals surface area contributed by atoms with Gasteiger partial charge in [0.05, 0.1) is 0 Å². The smallest absolute Gasteiger partial charge is 0.222 e. The molecule has 1 aromatic rings. The third-order valence-electron chi connectivity index (χ3n) is 3.98. The Bertz CT molecular complexity index is 498. The SMILES string of the molecule is CC(=O)C(C)C.CC(C)C(=O)N[C@@H](Cc1ccccc1)C(C)(C)C. The van der Waals surface area contributed by atoms with Crippen LogP contribution in [-0.4, -0.2) is 17.7 Å². The van der Waals surface area contributed by atoms with Crippen LogP contribution in [0.5, 0.6) is 0 Å². The largest absolute Gasteiger partial charge is 0.352 e. The van der Waals surface area contributed by atoms with Gasteiger partial charge in [0.1, 0.15) is 5.78 Å². The van der Waals surface area contributed by atoms with E-state index in [1.165, 1.54) is 5.56 Å². The van der Waals surface area contributed by atoms with Gasteiger partial charge in [-0.2, -0.15) is 0 Å². The highest BCUT2D eigenvalue weighted by Crippen LogP contribution is 2.23. The number of benzene rings is 1. The van der Waals surface area contributed by atoms with Crippen molar-refractivity contribution in [2.24, 2.45) is 17.3 Å². The maximum Gasteiger partial charge on any atom is 0.222 e. The predicted octanol–water partition coefficient (Wildman–Crippen LogP) is 4.65. The average molecular weight is 334 g/mol. The van der Waals surface area contributed by atoms with E-state index in [0.717, 1.165) is 6.42 Å². The van der Waals surface area contributed by atoms with E-state index in [0.29, 0.717) is 0 Å². The zero-order chi connectivity index (χ0) is 18.9. The second kappa shape index (κ2) is 10.3. The first-order valence-electron chi connectivity index (χ1n) is 8.79. The van der Waals surface area contributed by atoms with E-state index >= 15 is 0 Å². The van der Waals surface area contributed by atoms with E-state index in [4.69, 9.17) is 0 Å². The highest BCUT2D eigenvalue weighted by atomic mass is 16.2. The fraction of sp³-hybridized carbons (Fsp3) is 0.619. The van der Waals surface area contributed by atoms with Gasteiger partial charge in [-0.1, -0.05) is 78.8 Å². The summed E-state index contributed by atoms with van der Waals surface area (Å²) < 4.78 is 0. The first-order chi connectivity index (χ1) is 10.9. The van der Waals surface area contributed by atoms with Crippen molar-refractivity contribution >= 4 is 11.7 Å². The molecule has 24 heavy (non-hydrogen) atoms. The highest BCUT2D eigenvalue weighted by Gasteiger charge is 2.27. The summed E-state index contributed by atoms with van der Waals surface area (Å²) in [5, 5.41) is 3.17. The Hall–Kier alpha value is -1.64. The molecule has 1 rings (SSSR count). The van der Waals surface area contributed by atoms with Gasteiger partial charge in [0.2, 0.25) is 5.91 Å². The summed E-state index contributed by atoms with van der Waals surface area (Å²) in [6, 6.07) is 10.5. The molecule has 0 saturated heterocycles. The number of rotatable bonds is 5. The lowest BCUT2D eigenvalue weighted by molar-refractivity contribution is -0.125. The molecule has 1 atom stereocenters. The molecule has 3 heteroatoms. The molecule has 0 aliphatic rings. The Labute approximate surface area is 148 Å². The number of hydrogen-bond acceptors (Lipinski definition) is 2. The van der Waals surface area contributed by atoms with Gasteiger partial charge in [0.25, 0.3) is 0 Å². The van der Waals surface area contributed by atoms with Crippen LogP contribution in [0.25, 0.3) is 0 Å². The summed E-state index contributed by atoms with van der Waals surface area (Å²) in [5.41, 5.74) is 1.32. The van der Waals surface area contributed by atoms with E-state index in [2.05, 4.69) is 38.2 Å². The number of nitrogens with one attached hydrogen (secondary N) is 1. The molecule has 1 aromatic carbocycles. The molecule has 0 bridgehead atoms. The van der Waals surface area contributed by atoms with Gasteiger partial charge < -0.3 is 5.32 Å². The Kier molecular flexibility index (Phi) is 9.57. The van der Waals surface area contributed by atoms with Crippen molar-refractivity contribution in [3.05, 3.63) is 35.9 Å². The molecule has 0 unspecified atom stereocenters. The third-order valence-corrected chi connectivity index (χ3v) is 3.98. The van der Waals surface area contributed by atoms with Crippen LogP contribution in [-0.2, 0) is 16.0 Å². The molecule has 0 aliphatic heterocycles. The predicted molar refractivity (Wildman–Crippen MR) is 102 cm³/mol. The Balaban J connectivity index is 0.000000754. The second-order valence-corrected chi connectivity index (χ2v) is 8.04. The van der Waals surface area contributed by atoms with E-state index in [9.17, 15) is 9.59 Å². The van der Waals surface area contributed by atoms with Crippen LogP contribution in [0.3, 0.4) is 0 Å². The summed E-state index contributed by atoms with van der Waals surface area (Å²) in [4.78, 5) is 22.0. The lowest BCUT2D eigenvalue weighted by Gasteiger charge is -2.32. The Morgan fingerprint density at radius 3 is 1.75 bits per heavy atom. The van der Waals surface area contributed by atoms with Crippen molar-refractivity contribution in [3.8, 4) is 0 Å². The lowest BCUT2D eigenvalue weighted by atomic mass is 9.82. The minimum absolute atomic E-state index is 0.0330. The summed E-state index contributed by atoms with van der Waals surface area (Å²) >= 11 is 0. The molecular formula is C21H35NO2. The summed E-state index contributed by atoms with van der Waals surface area (Å²) in [5.74, 6) is 0.636. The van der Waals surface area contributed by atoms with Crippen LogP contribution < -0.4 is 5.32 Å². The van der Waals surface area contributed by atoms with Crippen LogP contribution >= 0.6 is 0 Å². The van der Waals surface area contributed by atoms with Crippen molar-refractivity contribution in [2.45, 2.75) is 67.9 Å². The molecule has 0 aliphatic carbocycles. The summed E-state index contributed by atoms with van der Waals surface area (Å²) in [7, 11) is 0. The topological polar surface area (TPSA) is 46.2 Å². The number of Topliss-reactive ketones (excluding diaryl/α,β-unsaturated/α-hetero) is 1. The van der Waals surface area contributed by atoms with Gasteiger partial charge in [-0.15, -0.1) is 0 Å². The highest BCUT2D eigenvalue weighted by molar-refractivity contribution is 5.78. The van der Waals surface area contributed by atoms with Crippen LogP contribution in [0, 0.1) is 17.3 Å². The average Bonchev–Trinajstić information content (AvgIpc) is 2.47. The number of hydrogen-bond donors (Lipinski definition) is 1. The molecule has 0 radical (unpaired) electrons. The van der Waals surface area contributed by atoms with E-state index in [-0.39, 0.29) is 35.0 Å². The standard InChI is InChI=1S/C16H25NO.C5H10O/c1-12(2)15(18)17-14(16(3,4)5)11-13-9-7-6-8-10-13;1-4(2)5(3)6/h6-10,12,14H,11H2,1-5H3,(H,17,18);4H,1-3H3/t14-;/m0./s1. The van der Waals surface area contributed by atoms with Crippen molar-refractivity contribution in [2.75, 3.05) is 0 Å². The molecule has 0 fully saturated rings. The van der Waals surface area contributed by atoms with E-state index < -0.39 is 0 Å². The van der Waals surface area contributed by atoms with Gasteiger partial charge in [-0.3, -0.25) is 9.59 Å². The third kappa shape index (κ3) is 9.49. The molecule has 136 valence electrons. The zero-order valence-electron chi connectivity index (χ0n) is 16.6. The van der Waals surface area contributed by atoms with Crippen molar-refractivity contribution in [3.63, 3.8) is 0 Å². The maximum absolute atomic E-state index is 11.9. The molecular weight excluding hydrogens is 298 g/mol. The second-order valence-electron chi connectivity index (χ2n) is 8.04. The van der Waals surface area contributed by atoms with Gasteiger partial charge in [0.15, 0.2) is 0 Å². The number of carbonyl (C=O) groups excluding carboxylic acids is 2. The maximum atomic E-state index is 11.9. The quantitative estimate of drug-likeness (QED) is 0.852. The molecule has 1 N–H and O–H groups in total. The fourth-order valence-corrected chi connectivity index (χ4v) is 1.76. The Morgan fingerprint density at radius 2 is 1.42 bits per heavy atom. The van der Waals surface area contributed by atoms with Crippen molar-refractivity contribution in [1.82, 2.24) is 5.32 Å². The fourth-order valence-electron chi connectivity index (χ4n) is 1.76. The normalized spacial score (nSPS) is 12.4. The van der Waals surface area contributed by atoms with Gasteiger partial charge in [-0.05, 0) is 24.3 Å². The van der Waals surface area contributed by atoms with Crippen molar-refractivity contribution in [1.29, 1.82) is 0 Å². The van der Waals surface area contributed by atoms with E-state index in [1.54, 1.807) is 6.92 Å². The monoisotopic (exact) mass is 333 g/mol. The van der Waals surface area contributed by atoms with Crippen LogP contribution in [0.4, 0.5) is 0 Å². The van der Waals surface area contributed by atoms with E-state index in [1.807, 2.05) is 45.9 Å². The van der Waals surface area contributed by atoms with Crippen LogP contribution in [0.15, 0.2) is 30.3 Å². The Morgan fingerprint density at radius 1 is 0.958 bits per heavy atom. The molecule has 0 aromatic heterocycles. The number of amides is 1. The van der Waals surface area contributed by atoms with Gasteiger partial charge in [0, 0.05) is 17.9 Å². The van der Waals surface area contributed by atoms with Gasteiger partial charge >= 0.3 is 0 Å². The lowest BCUT2D eigenvalue weighted by Crippen LogP contribution is -2.46. The van der Waals surface area contributed by atoms with Crippen molar-refractivity contribution < 1.29 is 9.59 Å². The summed E-state index contributed by atoms with van der Waals surface area (Å²) in [6.07, 6.45) is 0.878.